The van der Waals surface area contributed by atoms with E-state index < -0.39 is 5.95 Å². The zero-order valence-electron chi connectivity index (χ0n) is 6.97. The summed E-state index contributed by atoms with van der Waals surface area (Å²) >= 11 is 0. The van der Waals surface area contributed by atoms with Crippen LogP contribution in [0.4, 0.5) is 4.39 Å². The van der Waals surface area contributed by atoms with Crippen LogP contribution in [0.5, 0.6) is 0 Å². The van der Waals surface area contributed by atoms with E-state index in [4.69, 9.17) is 0 Å². The van der Waals surface area contributed by atoms with Crippen molar-refractivity contribution in [1.82, 2.24) is 10.2 Å². The molecule has 2 nitrogen and oxygen atoms in total. The van der Waals surface area contributed by atoms with Crippen LogP contribution in [-0.4, -0.2) is 10.2 Å². The smallest absolute Gasteiger partial charge is 0.240 e. The highest BCUT2D eigenvalue weighted by Crippen LogP contribution is 2.42. The summed E-state index contributed by atoms with van der Waals surface area (Å²) in [6.07, 6.45) is 2.31. The van der Waals surface area contributed by atoms with E-state index in [0.29, 0.717) is 11.3 Å². The summed E-state index contributed by atoms with van der Waals surface area (Å²) in [6.45, 7) is 0. The van der Waals surface area contributed by atoms with Crippen LogP contribution in [0.15, 0.2) is 12.1 Å². The number of fused-ring (bicyclic) bond motifs is 1. The molecular formula is C10H8FN2. The molecule has 3 heteroatoms. The van der Waals surface area contributed by atoms with Gasteiger partial charge in [0.25, 0.3) is 0 Å². The lowest BCUT2D eigenvalue weighted by molar-refractivity contribution is 0.587. The van der Waals surface area contributed by atoms with Gasteiger partial charge in [-0.25, -0.2) is 0 Å². The molecule has 2 aromatic rings. The third kappa shape index (κ3) is 0.963. The molecule has 0 amide bonds. The highest BCUT2D eigenvalue weighted by Gasteiger charge is 2.27. The van der Waals surface area contributed by atoms with Gasteiger partial charge in [0.05, 0.1) is 10.9 Å². The van der Waals surface area contributed by atoms with Crippen molar-refractivity contribution in [3.05, 3.63) is 29.7 Å². The Labute approximate surface area is 74.8 Å². The Balaban J connectivity index is 2.36. The van der Waals surface area contributed by atoms with Gasteiger partial charge >= 0.3 is 0 Å². The number of aromatic nitrogens is 2. The Kier molecular flexibility index (Phi) is 1.26. The molecule has 0 atom stereocenters. The minimum atomic E-state index is -0.395. The second-order valence-electron chi connectivity index (χ2n) is 3.47. The van der Waals surface area contributed by atoms with E-state index in [0.717, 1.165) is 23.9 Å². The van der Waals surface area contributed by atoms with Gasteiger partial charge < -0.3 is 0 Å². The maximum atomic E-state index is 13.2. The number of rotatable bonds is 1. The lowest BCUT2D eigenvalue weighted by atomic mass is 10.1. The molecule has 1 fully saturated rings. The molecule has 13 heavy (non-hydrogen) atoms. The van der Waals surface area contributed by atoms with Crippen molar-refractivity contribution >= 4 is 10.9 Å². The van der Waals surface area contributed by atoms with Crippen molar-refractivity contribution in [2.24, 2.45) is 0 Å². The van der Waals surface area contributed by atoms with E-state index >= 15 is 0 Å². The number of nitrogens with zero attached hydrogens (tertiary/aromatic N) is 1. The first kappa shape index (κ1) is 7.06. The van der Waals surface area contributed by atoms with Gasteiger partial charge in [-0.1, -0.05) is 6.07 Å². The predicted octanol–water partition coefficient (Wildman–Crippen LogP) is 2.38. The molecule has 1 aliphatic carbocycles. The number of benzene rings is 1. The molecule has 65 valence electrons. The molecule has 1 radical (unpaired) electrons. The Morgan fingerprint density at radius 2 is 2.38 bits per heavy atom. The summed E-state index contributed by atoms with van der Waals surface area (Å²) in [6, 6.07) is 6.73. The molecule has 0 unspecified atom stereocenters. The van der Waals surface area contributed by atoms with E-state index in [9.17, 15) is 4.39 Å². The van der Waals surface area contributed by atoms with Crippen LogP contribution < -0.4 is 0 Å². The summed E-state index contributed by atoms with van der Waals surface area (Å²) < 4.78 is 13.2. The van der Waals surface area contributed by atoms with Gasteiger partial charge in [0.15, 0.2) is 0 Å². The molecule has 0 aliphatic heterocycles. The first-order chi connectivity index (χ1) is 6.36. The average molecular weight is 175 g/mol. The molecule has 0 spiro atoms. The highest BCUT2D eigenvalue weighted by atomic mass is 19.1. The van der Waals surface area contributed by atoms with Gasteiger partial charge in [-0.2, -0.15) is 4.39 Å². The van der Waals surface area contributed by atoms with E-state index in [1.165, 1.54) is 0 Å². The zero-order valence-corrected chi connectivity index (χ0v) is 6.97. The summed E-state index contributed by atoms with van der Waals surface area (Å²) in [5.74, 6) is 0.115. The van der Waals surface area contributed by atoms with Crippen molar-refractivity contribution in [1.29, 1.82) is 0 Å². The monoisotopic (exact) mass is 175 g/mol. The van der Waals surface area contributed by atoms with Gasteiger partial charge in [0.2, 0.25) is 5.95 Å². The van der Waals surface area contributed by atoms with Gasteiger partial charge in [0.1, 0.15) is 0 Å². The lowest BCUT2D eigenvalue weighted by Crippen LogP contribution is -1.83. The van der Waals surface area contributed by atoms with Gasteiger partial charge in [-0.3, -0.25) is 5.10 Å². The number of H-pyrrole nitrogens is 1. The Morgan fingerprint density at radius 1 is 1.54 bits per heavy atom. The van der Waals surface area contributed by atoms with Gasteiger partial charge in [-0.05, 0) is 36.5 Å². The van der Waals surface area contributed by atoms with Crippen LogP contribution in [0.1, 0.15) is 24.3 Å². The maximum Gasteiger partial charge on any atom is 0.240 e. The second kappa shape index (κ2) is 2.31. The number of nitrogens with one attached hydrogen (secondary N) is 1. The van der Waals surface area contributed by atoms with Crippen LogP contribution in [0, 0.1) is 12.0 Å². The third-order valence-electron chi connectivity index (χ3n) is 2.49. The van der Waals surface area contributed by atoms with Crippen molar-refractivity contribution in [3.8, 4) is 0 Å². The summed E-state index contributed by atoms with van der Waals surface area (Å²) in [4.78, 5) is 0. The predicted molar refractivity (Wildman–Crippen MR) is 46.9 cm³/mol. The Hall–Kier alpha value is -1.38. The number of hydrogen-bond acceptors (Lipinski definition) is 1. The molecule has 1 saturated carbocycles. The number of hydrogen-bond donors (Lipinski definition) is 1. The third-order valence-corrected chi connectivity index (χ3v) is 2.49. The first-order valence-corrected chi connectivity index (χ1v) is 4.40. The molecule has 1 aromatic carbocycles. The van der Waals surface area contributed by atoms with Crippen LogP contribution >= 0.6 is 0 Å². The molecule has 0 saturated heterocycles. The largest absolute Gasteiger partial charge is 0.275 e. The van der Waals surface area contributed by atoms with Crippen molar-refractivity contribution in [3.63, 3.8) is 0 Å². The number of aromatic amines is 1. The van der Waals surface area contributed by atoms with Gasteiger partial charge in [0, 0.05) is 0 Å². The number of halogens is 1. The SMILES string of the molecule is Fc1n[nH]c2cc[c]c(C3CC3)c12. The van der Waals surface area contributed by atoms with E-state index in [1.54, 1.807) is 6.07 Å². The summed E-state index contributed by atoms with van der Waals surface area (Å²) in [7, 11) is 0. The van der Waals surface area contributed by atoms with E-state index in [-0.39, 0.29) is 0 Å². The fourth-order valence-electron chi connectivity index (χ4n) is 1.69. The standard InChI is InChI=1S/C10H8FN2/c11-10-9-7(6-4-5-6)2-1-3-8(9)12-13-10/h1,3,6H,4-5H2,(H,12,13). The van der Waals surface area contributed by atoms with Crippen LogP contribution in [0.25, 0.3) is 10.9 Å². The fraction of sp³-hybridized carbons (Fsp3) is 0.300. The molecular weight excluding hydrogens is 167 g/mol. The van der Waals surface area contributed by atoms with Crippen molar-refractivity contribution < 1.29 is 4.39 Å². The van der Waals surface area contributed by atoms with Crippen LogP contribution in [0.2, 0.25) is 0 Å². The lowest BCUT2D eigenvalue weighted by Gasteiger charge is -1.97. The fourth-order valence-corrected chi connectivity index (χ4v) is 1.69. The summed E-state index contributed by atoms with van der Waals surface area (Å²) in [5, 5.41) is 6.85. The topological polar surface area (TPSA) is 28.7 Å². The minimum Gasteiger partial charge on any atom is -0.275 e. The maximum absolute atomic E-state index is 13.2. The van der Waals surface area contributed by atoms with Crippen LogP contribution in [0.3, 0.4) is 0 Å². The second-order valence-corrected chi connectivity index (χ2v) is 3.47. The Bertz CT molecular complexity index is 457. The Morgan fingerprint density at radius 3 is 3.15 bits per heavy atom. The highest BCUT2D eigenvalue weighted by molar-refractivity contribution is 5.82. The average Bonchev–Trinajstić information content (AvgIpc) is 2.92. The summed E-state index contributed by atoms with van der Waals surface area (Å²) in [5.41, 5.74) is 1.77. The van der Waals surface area contributed by atoms with Gasteiger partial charge in [-0.15, -0.1) is 5.10 Å². The molecule has 1 heterocycles. The molecule has 1 aliphatic rings. The van der Waals surface area contributed by atoms with Crippen molar-refractivity contribution in [2.75, 3.05) is 0 Å². The first-order valence-electron chi connectivity index (χ1n) is 4.40. The molecule has 1 N–H and O–H groups in total. The van der Waals surface area contributed by atoms with E-state index in [2.05, 4.69) is 16.3 Å². The molecule has 3 rings (SSSR count). The van der Waals surface area contributed by atoms with E-state index in [1.807, 2.05) is 6.07 Å². The molecule has 0 bridgehead atoms. The normalized spacial score (nSPS) is 16.7. The molecule has 1 aromatic heterocycles. The zero-order chi connectivity index (χ0) is 8.84. The quantitative estimate of drug-likeness (QED) is 0.708. The van der Waals surface area contributed by atoms with Crippen LogP contribution in [-0.2, 0) is 0 Å². The minimum absolute atomic E-state index is 0.395. The van der Waals surface area contributed by atoms with Crippen molar-refractivity contribution in [2.45, 2.75) is 18.8 Å².